The normalized spacial score (nSPS) is 10.0. The summed E-state index contributed by atoms with van der Waals surface area (Å²) in [5, 5.41) is 5.42. The van der Waals surface area contributed by atoms with Crippen molar-refractivity contribution in [2.24, 2.45) is 0 Å². The Labute approximate surface area is 115 Å². The molecule has 5 heteroatoms. The maximum atomic E-state index is 13.1. The molecule has 2 amide bonds. The number of carbonyl (C=O) groups is 1. The Kier molecular flexibility index (Phi) is 4.36. The van der Waals surface area contributed by atoms with E-state index < -0.39 is 11.8 Å². The standard InChI is InChI=1S/C14H12ClFN2O/c15-11-6-12(16)8-13(7-11)18-14(19)17-9-10-4-2-1-3-5-10/h1-8H,9H2,(H2,17,18,19). The Morgan fingerprint density at radius 3 is 2.58 bits per heavy atom. The predicted octanol–water partition coefficient (Wildman–Crippen LogP) is 3.80. The van der Waals surface area contributed by atoms with Crippen LogP contribution in [-0.2, 0) is 6.54 Å². The lowest BCUT2D eigenvalue weighted by Crippen LogP contribution is -2.28. The predicted molar refractivity (Wildman–Crippen MR) is 73.7 cm³/mol. The van der Waals surface area contributed by atoms with E-state index in [1.165, 1.54) is 18.2 Å². The van der Waals surface area contributed by atoms with Gasteiger partial charge in [0.25, 0.3) is 0 Å². The van der Waals surface area contributed by atoms with Crippen molar-refractivity contribution in [1.82, 2.24) is 5.32 Å². The van der Waals surface area contributed by atoms with Crippen molar-refractivity contribution in [2.45, 2.75) is 6.54 Å². The molecule has 0 heterocycles. The van der Waals surface area contributed by atoms with E-state index in [0.29, 0.717) is 12.2 Å². The molecule has 0 saturated carbocycles. The summed E-state index contributed by atoms with van der Waals surface area (Å²) in [4.78, 5) is 11.6. The number of carbonyl (C=O) groups excluding carboxylic acids is 1. The molecule has 2 aromatic carbocycles. The third kappa shape index (κ3) is 4.26. The first-order valence-electron chi connectivity index (χ1n) is 5.68. The number of hydrogen-bond donors (Lipinski definition) is 2. The van der Waals surface area contributed by atoms with Crippen LogP contribution in [-0.4, -0.2) is 6.03 Å². The number of benzene rings is 2. The fourth-order valence-corrected chi connectivity index (χ4v) is 1.80. The zero-order valence-electron chi connectivity index (χ0n) is 9.99. The molecule has 0 atom stereocenters. The minimum Gasteiger partial charge on any atom is -0.334 e. The van der Waals surface area contributed by atoms with E-state index in [-0.39, 0.29) is 5.02 Å². The highest BCUT2D eigenvalue weighted by atomic mass is 35.5. The van der Waals surface area contributed by atoms with Gasteiger partial charge < -0.3 is 10.6 Å². The highest BCUT2D eigenvalue weighted by Crippen LogP contribution is 2.17. The van der Waals surface area contributed by atoms with Crippen LogP contribution in [0.1, 0.15) is 5.56 Å². The minimum atomic E-state index is -0.495. The quantitative estimate of drug-likeness (QED) is 0.881. The first-order chi connectivity index (χ1) is 9.13. The molecular formula is C14H12ClFN2O. The Morgan fingerprint density at radius 1 is 1.16 bits per heavy atom. The maximum absolute atomic E-state index is 13.1. The van der Waals surface area contributed by atoms with Crippen LogP contribution in [0.3, 0.4) is 0 Å². The van der Waals surface area contributed by atoms with Crippen molar-refractivity contribution >= 4 is 23.3 Å². The summed E-state index contributed by atoms with van der Waals surface area (Å²) in [6.07, 6.45) is 0. The van der Waals surface area contributed by atoms with Gasteiger partial charge in [0.1, 0.15) is 5.82 Å². The van der Waals surface area contributed by atoms with Crippen LogP contribution in [0.15, 0.2) is 48.5 Å². The third-order valence-corrected chi connectivity index (χ3v) is 2.63. The van der Waals surface area contributed by atoms with Crippen molar-refractivity contribution < 1.29 is 9.18 Å². The van der Waals surface area contributed by atoms with Crippen molar-refractivity contribution in [3.05, 3.63) is 64.9 Å². The zero-order valence-corrected chi connectivity index (χ0v) is 10.7. The number of amides is 2. The van der Waals surface area contributed by atoms with Gasteiger partial charge in [-0.3, -0.25) is 0 Å². The molecule has 0 aliphatic carbocycles. The SMILES string of the molecule is O=C(NCc1ccccc1)Nc1cc(F)cc(Cl)c1. The van der Waals surface area contributed by atoms with Crippen molar-refractivity contribution in [3.8, 4) is 0 Å². The molecule has 0 unspecified atom stereocenters. The number of anilines is 1. The van der Waals surface area contributed by atoms with E-state index in [4.69, 9.17) is 11.6 Å². The van der Waals surface area contributed by atoms with Crippen LogP contribution in [0.4, 0.5) is 14.9 Å². The lowest BCUT2D eigenvalue weighted by Gasteiger charge is -2.08. The summed E-state index contributed by atoms with van der Waals surface area (Å²) in [6.45, 7) is 0.399. The lowest BCUT2D eigenvalue weighted by molar-refractivity contribution is 0.251. The van der Waals surface area contributed by atoms with E-state index in [0.717, 1.165) is 5.56 Å². The number of nitrogens with one attached hydrogen (secondary N) is 2. The van der Waals surface area contributed by atoms with Crippen LogP contribution < -0.4 is 10.6 Å². The topological polar surface area (TPSA) is 41.1 Å². The number of hydrogen-bond acceptors (Lipinski definition) is 1. The van der Waals surface area contributed by atoms with Crippen molar-refractivity contribution in [3.63, 3.8) is 0 Å². The van der Waals surface area contributed by atoms with Gasteiger partial charge in [-0.05, 0) is 23.8 Å². The molecule has 0 bridgehead atoms. The molecule has 0 aromatic heterocycles. The van der Waals surface area contributed by atoms with Crippen LogP contribution in [0.25, 0.3) is 0 Å². The number of halogens is 2. The summed E-state index contributed by atoms with van der Waals surface area (Å²) in [5.41, 5.74) is 1.30. The molecule has 2 N–H and O–H groups in total. The third-order valence-electron chi connectivity index (χ3n) is 2.42. The second-order valence-electron chi connectivity index (χ2n) is 3.95. The Morgan fingerprint density at radius 2 is 1.89 bits per heavy atom. The summed E-state index contributed by atoms with van der Waals surface area (Å²) in [6, 6.07) is 12.9. The van der Waals surface area contributed by atoms with E-state index in [9.17, 15) is 9.18 Å². The Bertz CT molecular complexity index is 555. The molecule has 2 aromatic rings. The molecular weight excluding hydrogens is 267 g/mol. The smallest absolute Gasteiger partial charge is 0.319 e. The molecule has 19 heavy (non-hydrogen) atoms. The lowest BCUT2D eigenvalue weighted by atomic mass is 10.2. The second-order valence-corrected chi connectivity index (χ2v) is 4.39. The number of rotatable bonds is 3. The van der Waals surface area contributed by atoms with Gasteiger partial charge in [0.05, 0.1) is 0 Å². The first-order valence-corrected chi connectivity index (χ1v) is 6.06. The highest BCUT2D eigenvalue weighted by molar-refractivity contribution is 6.30. The monoisotopic (exact) mass is 278 g/mol. The van der Waals surface area contributed by atoms with Gasteiger partial charge in [0.15, 0.2) is 0 Å². The summed E-state index contributed by atoms with van der Waals surface area (Å²) in [5.74, 6) is -0.495. The molecule has 3 nitrogen and oxygen atoms in total. The van der Waals surface area contributed by atoms with Crippen LogP contribution in [0, 0.1) is 5.82 Å². The average molecular weight is 279 g/mol. The maximum Gasteiger partial charge on any atom is 0.319 e. The van der Waals surface area contributed by atoms with Crippen LogP contribution >= 0.6 is 11.6 Å². The van der Waals surface area contributed by atoms with Gasteiger partial charge in [0, 0.05) is 17.3 Å². The average Bonchev–Trinajstić information content (AvgIpc) is 2.36. The zero-order chi connectivity index (χ0) is 13.7. The highest BCUT2D eigenvalue weighted by Gasteiger charge is 2.04. The summed E-state index contributed by atoms with van der Waals surface area (Å²) < 4.78 is 13.1. The molecule has 0 radical (unpaired) electrons. The van der Waals surface area contributed by atoms with E-state index in [1.54, 1.807) is 0 Å². The largest absolute Gasteiger partial charge is 0.334 e. The first kappa shape index (κ1) is 13.4. The molecule has 0 aliphatic heterocycles. The van der Waals surface area contributed by atoms with Gasteiger partial charge in [-0.2, -0.15) is 0 Å². The molecule has 0 saturated heterocycles. The van der Waals surface area contributed by atoms with Gasteiger partial charge in [-0.1, -0.05) is 41.9 Å². The summed E-state index contributed by atoms with van der Waals surface area (Å²) in [7, 11) is 0. The fraction of sp³-hybridized carbons (Fsp3) is 0.0714. The van der Waals surface area contributed by atoms with E-state index in [1.807, 2.05) is 30.3 Å². The molecule has 0 aliphatic rings. The molecule has 98 valence electrons. The minimum absolute atomic E-state index is 0.235. The van der Waals surface area contributed by atoms with Crippen molar-refractivity contribution in [1.29, 1.82) is 0 Å². The summed E-state index contributed by atoms with van der Waals surface area (Å²) >= 11 is 5.69. The van der Waals surface area contributed by atoms with E-state index >= 15 is 0 Å². The van der Waals surface area contributed by atoms with Gasteiger partial charge in [-0.25, -0.2) is 9.18 Å². The molecule has 0 spiro atoms. The van der Waals surface area contributed by atoms with Gasteiger partial charge in [-0.15, -0.1) is 0 Å². The number of urea groups is 1. The Hall–Kier alpha value is -2.07. The van der Waals surface area contributed by atoms with Crippen molar-refractivity contribution in [2.75, 3.05) is 5.32 Å². The fourth-order valence-electron chi connectivity index (χ4n) is 1.58. The van der Waals surface area contributed by atoms with E-state index in [2.05, 4.69) is 10.6 Å². The second kappa shape index (κ2) is 6.20. The Balaban J connectivity index is 1.91. The van der Waals surface area contributed by atoms with Crippen LogP contribution in [0.5, 0.6) is 0 Å². The molecule has 0 fully saturated rings. The van der Waals surface area contributed by atoms with Crippen LogP contribution in [0.2, 0.25) is 5.02 Å². The molecule has 2 rings (SSSR count). The van der Waals surface area contributed by atoms with Gasteiger partial charge in [0.2, 0.25) is 0 Å². The van der Waals surface area contributed by atoms with Gasteiger partial charge >= 0.3 is 6.03 Å².